The van der Waals surface area contributed by atoms with Gasteiger partial charge in [0.05, 0.1) is 6.04 Å². The molecule has 2 aliphatic heterocycles. The second kappa shape index (κ2) is 6.53. The molecule has 2 fully saturated rings. The Balaban J connectivity index is 1.70. The van der Waals surface area contributed by atoms with Crippen molar-refractivity contribution in [2.75, 3.05) is 26.2 Å². The molecule has 0 saturated carbocycles. The van der Waals surface area contributed by atoms with Crippen LogP contribution in [0.15, 0.2) is 0 Å². The number of piperidine rings is 1. The molecule has 0 radical (unpaired) electrons. The first kappa shape index (κ1) is 13.8. The Morgan fingerprint density at radius 3 is 2.94 bits per heavy atom. The fourth-order valence-corrected chi connectivity index (χ4v) is 3.04. The zero-order valence-electron chi connectivity index (χ0n) is 11.7. The topological polar surface area (TPSA) is 44.4 Å². The van der Waals surface area contributed by atoms with Crippen LogP contribution in [-0.2, 0) is 4.79 Å². The van der Waals surface area contributed by atoms with Crippen molar-refractivity contribution in [3.8, 4) is 0 Å². The molecule has 0 spiro atoms. The number of nitrogens with one attached hydrogen (secondary N) is 2. The molecule has 2 saturated heterocycles. The number of carbonyl (C=O) groups excluding carboxylic acids is 1. The third-order valence-electron chi connectivity index (χ3n) is 4.26. The maximum absolute atomic E-state index is 11.9. The summed E-state index contributed by atoms with van der Waals surface area (Å²) in [4.78, 5) is 14.4. The van der Waals surface area contributed by atoms with Crippen molar-refractivity contribution < 1.29 is 4.79 Å². The molecular formula is C14H27N3O. The van der Waals surface area contributed by atoms with Gasteiger partial charge in [-0.3, -0.25) is 9.69 Å². The van der Waals surface area contributed by atoms with Crippen LogP contribution >= 0.6 is 0 Å². The molecule has 0 aromatic heterocycles. The number of hydrogen-bond acceptors (Lipinski definition) is 3. The summed E-state index contributed by atoms with van der Waals surface area (Å²) in [7, 11) is 0. The molecule has 0 aromatic rings. The fourth-order valence-electron chi connectivity index (χ4n) is 3.04. The van der Waals surface area contributed by atoms with Crippen LogP contribution in [0.5, 0.6) is 0 Å². The molecule has 4 heteroatoms. The van der Waals surface area contributed by atoms with E-state index in [2.05, 4.69) is 29.4 Å². The van der Waals surface area contributed by atoms with E-state index >= 15 is 0 Å². The minimum absolute atomic E-state index is 0.0532. The van der Waals surface area contributed by atoms with Gasteiger partial charge in [-0.15, -0.1) is 0 Å². The Morgan fingerprint density at radius 2 is 2.28 bits per heavy atom. The van der Waals surface area contributed by atoms with Crippen LogP contribution in [0.4, 0.5) is 0 Å². The third kappa shape index (κ3) is 3.69. The van der Waals surface area contributed by atoms with Gasteiger partial charge in [0.2, 0.25) is 5.91 Å². The summed E-state index contributed by atoms with van der Waals surface area (Å²) in [5.74, 6) is 0.984. The number of carbonyl (C=O) groups is 1. The highest BCUT2D eigenvalue weighted by Crippen LogP contribution is 2.17. The molecule has 0 bridgehead atoms. The standard InChI is InChI=1S/C14H27N3O/c1-11-5-4-8-17(10-11)12(2)9-16-14(18)13-6-3-7-15-13/h11-13,15H,3-10H2,1-2H3,(H,16,18). The van der Waals surface area contributed by atoms with Crippen LogP contribution in [0.3, 0.4) is 0 Å². The van der Waals surface area contributed by atoms with E-state index in [0.717, 1.165) is 31.8 Å². The van der Waals surface area contributed by atoms with Gasteiger partial charge >= 0.3 is 0 Å². The highest BCUT2D eigenvalue weighted by molar-refractivity contribution is 5.82. The van der Waals surface area contributed by atoms with E-state index < -0.39 is 0 Å². The van der Waals surface area contributed by atoms with Crippen LogP contribution < -0.4 is 10.6 Å². The predicted octanol–water partition coefficient (Wildman–Crippen LogP) is 0.975. The molecule has 2 N–H and O–H groups in total. The lowest BCUT2D eigenvalue weighted by Crippen LogP contribution is -2.49. The Kier molecular flexibility index (Phi) is 5.01. The molecule has 2 heterocycles. The Hall–Kier alpha value is -0.610. The van der Waals surface area contributed by atoms with Crippen LogP contribution in [0, 0.1) is 5.92 Å². The molecule has 18 heavy (non-hydrogen) atoms. The van der Waals surface area contributed by atoms with Crippen molar-refractivity contribution in [2.45, 2.75) is 51.6 Å². The van der Waals surface area contributed by atoms with Crippen molar-refractivity contribution in [1.82, 2.24) is 15.5 Å². The smallest absolute Gasteiger partial charge is 0.237 e. The quantitative estimate of drug-likeness (QED) is 0.785. The van der Waals surface area contributed by atoms with Crippen LogP contribution in [0.25, 0.3) is 0 Å². The van der Waals surface area contributed by atoms with Gasteiger partial charge in [-0.25, -0.2) is 0 Å². The monoisotopic (exact) mass is 253 g/mol. The zero-order chi connectivity index (χ0) is 13.0. The molecule has 2 rings (SSSR count). The Bertz CT molecular complexity index is 276. The van der Waals surface area contributed by atoms with E-state index in [1.165, 1.54) is 25.9 Å². The van der Waals surface area contributed by atoms with Gasteiger partial charge in [-0.1, -0.05) is 6.92 Å². The van der Waals surface area contributed by atoms with Gasteiger partial charge in [0, 0.05) is 19.1 Å². The molecule has 0 aromatic carbocycles. The summed E-state index contributed by atoms with van der Waals surface area (Å²) in [6.07, 6.45) is 4.75. The fraction of sp³-hybridized carbons (Fsp3) is 0.929. The van der Waals surface area contributed by atoms with E-state index in [-0.39, 0.29) is 11.9 Å². The first-order valence-corrected chi connectivity index (χ1v) is 7.42. The van der Waals surface area contributed by atoms with Gasteiger partial charge in [0.25, 0.3) is 0 Å². The van der Waals surface area contributed by atoms with E-state index in [0.29, 0.717) is 6.04 Å². The van der Waals surface area contributed by atoms with E-state index in [1.54, 1.807) is 0 Å². The lowest BCUT2D eigenvalue weighted by atomic mass is 9.99. The maximum Gasteiger partial charge on any atom is 0.237 e. The minimum Gasteiger partial charge on any atom is -0.353 e. The first-order chi connectivity index (χ1) is 8.66. The van der Waals surface area contributed by atoms with Gasteiger partial charge in [0.15, 0.2) is 0 Å². The molecule has 1 amide bonds. The summed E-state index contributed by atoms with van der Waals surface area (Å²) in [6.45, 7) is 8.67. The van der Waals surface area contributed by atoms with E-state index in [1.807, 2.05) is 0 Å². The third-order valence-corrected chi connectivity index (χ3v) is 4.26. The predicted molar refractivity (Wildman–Crippen MR) is 73.5 cm³/mol. The van der Waals surface area contributed by atoms with E-state index in [4.69, 9.17) is 0 Å². The highest BCUT2D eigenvalue weighted by atomic mass is 16.2. The first-order valence-electron chi connectivity index (χ1n) is 7.42. The van der Waals surface area contributed by atoms with Crippen LogP contribution in [0.1, 0.15) is 39.5 Å². The summed E-state index contributed by atoms with van der Waals surface area (Å²) in [5.41, 5.74) is 0. The second-order valence-electron chi connectivity index (χ2n) is 5.99. The number of rotatable bonds is 4. The number of likely N-dealkylation sites (tertiary alicyclic amines) is 1. The molecule has 0 aliphatic carbocycles. The zero-order valence-corrected chi connectivity index (χ0v) is 11.7. The average Bonchev–Trinajstić information content (AvgIpc) is 2.89. The molecule has 3 atom stereocenters. The van der Waals surface area contributed by atoms with E-state index in [9.17, 15) is 4.79 Å². The Morgan fingerprint density at radius 1 is 1.44 bits per heavy atom. The summed E-state index contributed by atoms with van der Waals surface area (Å²) in [6, 6.07) is 0.510. The average molecular weight is 253 g/mol. The summed E-state index contributed by atoms with van der Waals surface area (Å²) in [5, 5.41) is 6.33. The largest absolute Gasteiger partial charge is 0.353 e. The summed E-state index contributed by atoms with van der Waals surface area (Å²) >= 11 is 0. The molecule has 2 aliphatic rings. The van der Waals surface area contributed by atoms with Gasteiger partial charge in [-0.05, 0) is 51.6 Å². The molecule has 104 valence electrons. The lowest BCUT2D eigenvalue weighted by molar-refractivity contribution is -0.123. The second-order valence-corrected chi connectivity index (χ2v) is 5.99. The number of hydrogen-bond donors (Lipinski definition) is 2. The summed E-state index contributed by atoms with van der Waals surface area (Å²) < 4.78 is 0. The molecular weight excluding hydrogens is 226 g/mol. The maximum atomic E-state index is 11.9. The van der Waals surface area contributed by atoms with Crippen molar-refractivity contribution >= 4 is 5.91 Å². The Labute approximate surface area is 110 Å². The molecule has 3 unspecified atom stereocenters. The lowest BCUT2D eigenvalue weighted by Gasteiger charge is -2.35. The number of nitrogens with zero attached hydrogens (tertiary/aromatic N) is 1. The van der Waals surface area contributed by atoms with Gasteiger partial charge < -0.3 is 10.6 Å². The highest BCUT2D eigenvalue weighted by Gasteiger charge is 2.24. The molecule has 4 nitrogen and oxygen atoms in total. The van der Waals surface area contributed by atoms with Crippen molar-refractivity contribution in [1.29, 1.82) is 0 Å². The van der Waals surface area contributed by atoms with Crippen LogP contribution in [0.2, 0.25) is 0 Å². The van der Waals surface area contributed by atoms with Gasteiger partial charge in [-0.2, -0.15) is 0 Å². The van der Waals surface area contributed by atoms with Crippen LogP contribution in [-0.4, -0.2) is 49.1 Å². The van der Waals surface area contributed by atoms with Gasteiger partial charge in [0.1, 0.15) is 0 Å². The minimum atomic E-state index is 0.0532. The SMILES string of the molecule is CC1CCCN(C(C)CNC(=O)C2CCCN2)C1. The van der Waals surface area contributed by atoms with Crippen molar-refractivity contribution in [3.05, 3.63) is 0 Å². The normalized spacial score (nSPS) is 31.2. The van der Waals surface area contributed by atoms with Crippen molar-refractivity contribution in [2.24, 2.45) is 5.92 Å². The van der Waals surface area contributed by atoms with Crippen molar-refractivity contribution in [3.63, 3.8) is 0 Å². The number of amides is 1.